The third-order valence-electron chi connectivity index (χ3n) is 4.66. The van der Waals surface area contributed by atoms with Gasteiger partial charge in [-0.25, -0.2) is 8.78 Å². The predicted octanol–water partition coefficient (Wildman–Crippen LogP) is 4.08. The first-order valence-electron chi connectivity index (χ1n) is 8.30. The lowest BCUT2D eigenvalue weighted by Gasteiger charge is -2.10. The molecule has 2 aromatic carbocycles. The number of alkyl halides is 2. The van der Waals surface area contributed by atoms with Crippen LogP contribution in [0.15, 0.2) is 60.7 Å². The van der Waals surface area contributed by atoms with Crippen LogP contribution < -0.4 is 0 Å². The van der Waals surface area contributed by atoms with Crippen LogP contribution in [-0.4, -0.2) is 23.7 Å². The highest BCUT2D eigenvalue weighted by Crippen LogP contribution is 2.57. The van der Waals surface area contributed by atoms with Gasteiger partial charge in [0.1, 0.15) is 0 Å². The standard InChI is InChI=1S/C20H22F2O2/c21-20(22)17(14-24-13-16-9-5-2-6-10-16)19(20)18(23)12-11-15-7-3-1-4-8-15/h1-10,17-19,23H,11-14H2/t17-,18?,19+/m0/s1. The Balaban J connectivity index is 1.45. The quantitative estimate of drug-likeness (QED) is 0.789. The Kier molecular flexibility index (Phi) is 5.27. The van der Waals surface area contributed by atoms with Gasteiger partial charge in [0.15, 0.2) is 0 Å². The minimum Gasteiger partial charge on any atom is -0.393 e. The number of ether oxygens (including phenoxy) is 1. The van der Waals surface area contributed by atoms with Gasteiger partial charge in [-0.2, -0.15) is 0 Å². The Morgan fingerprint density at radius 2 is 1.54 bits per heavy atom. The third-order valence-corrected chi connectivity index (χ3v) is 4.66. The summed E-state index contributed by atoms with van der Waals surface area (Å²) in [6, 6.07) is 19.1. The lowest BCUT2D eigenvalue weighted by molar-refractivity contribution is 0.0325. The lowest BCUT2D eigenvalue weighted by atomic mass is 10.0. The Bertz CT molecular complexity index is 631. The van der Waals surface area contributed by atoms with Gasteiger partial charge in [-0.3, -0.25) is 0 Å². The third kappa shape index (κ3) is 4.00. The maximum Gasteiger partial charge on any atom is 0.259 e. The fourth-order valence-electron chi connectivity index (χ4n) is 3.17. The van der Waals surface area contributed by atoms with Crippen LogP contribution in [0.2, 0.25) is 0 Å². The number of aliphatic hydroxyl groups excluding tert-OH is 1. The number of aryl methyl sites for hydroxylation is 1. The van der Waals surface area contributed by atoms with Crippen LogP contribution in [0, 0.1) is 11.8 Å². The number of aliphatic hydroxyl groups is 1. The highest BCUT2D eigenvalue weighted by molar-refractivity contribution is 5.16. The normalized spacial score (nSPS) is 23.0. The SMILES string of the molecule is OC(CCc1ccccc1)[C@H]1[C@H](COCc2ccccc2)C1(F)F. The van der Waals surface area contributed by atoms with Crippen molar-refractivity contribution in [1.29, 1.82) is 0 Å². The molecule has 1 saturated carbocycles. The summed E-state index contributed by atoms with van der Waals surface area (Å²) in [4.78, 5) is 0. The second kappa shape index (κ2) is 7.41. The van der Waals surface area contributed by atoms with Gasteiger partial charge in [-0.15, -0.1) is 0 Å². The van der Waals surface area contributed by atoms with E-state index in [0.717, 1.165) is 11.1 Å². The largest absolute Gasteiger partial charge is 0.393 e. The summed E-state index contributed by atoms with van der Waals surface area (Å²) >= 11 is 0. The highest BCUT2D eigenvalue weighted by atomic mass is 19.3. The number of benzene rings is 2. The van der Waals surface area contributed by atoms with E-state index in [1.165, 1.54) is 0 Å². The van der Waals surface area contributed by atoms with E-state index in [-0.39, 0.29) is 6.61 Å². The van der Waals surface area contributed by atoms with Crippen LogP contribution >= 0.6 is 0 Å². The second-order valence-corrected chi connectivity index (χ2v) is 6.40. The highest BCUT2D eigenvalue weighted by Gasteiger charge is 2.70. The summed E-state index contributed by atoms with van der Waals surface area (Å²) in [6.07, 6.45) is -0.0448. The Morgan fingerprint density at radius 3 is 2.17 bits per heavy atom. The smallest absolute Gasteiger partial charge is 0.259 e. The second-order valence-electron chi connectivity index (χ2n) is 6.40. The van der Waals surface area contributed by atoms with Crippen LogP contribution in [0.3, 0.4) is 0 Å². The maximum absolute atomic E-state index is 13.9. The van der Waals surface area contributed by atoms with E-state index >= 15 is 0 Å². The fourth-order valence-corrected chi connectivity index (χ4v) is 3.17. The van der Waals surface area contributed by atoms with Crippen LogP contribution in [0.25, 0.3) is 0 Å². The van der Waals surface area contributed by atoms with E-state index in [2.05, 4.69) is 0 Å². The van der Waals surface area contributed by atoms with Crippen molar-refractivity contribution in [3.63, 3.8) is 0 Å². The zero-order valence-corrected chi connectivity index (χ0v) is 13.4. The summed E-state index contributed by atoms with van der Waals surface area (Å²) in [5.41, 5.74) is 2.01. The molecular formula is C20H22F2O2. The molecule has 0 heterocycles. The zero-order valence-electron chi connectivity index (χ0n) is 13.4. The molecule has 1 N–H and O–H groups in total. The zero-order chi connectivity index (χ0) is 17.0. The van der Waals surface area contributed by atoms with E-state index in [4.69, 9.17) is 4.74 Å². The molecule has 0 bridgehead atoms. The van der Waals surface area contributed by atoms with Crippen molar-refractivity contribution < 1.29 is 18.6 Å². The first-order chi connectivity index (χ1) is 11.6. The average Bonchev–Trinajstić information content (AvgIpc) is 3.15. The Morgan fingerprint density at radius 1 is 0.958 bits per heavy atom. The molecule has 0 spiro atoms. The van der Waals surface area contributed by atoms with E-state index in [1.807, 2.05) is 60.7 Å². The molecule has 24 heavy (non-hydrogen) atoms. The van der Waals surface area contributed by atoms with Crippen LogP contribution in [0.4, 0.5) is 8.78 Å². The molecule has 2 nitrogen and oxygen atoms in total. The van der Waals surface area contributed by atoms with Gasteiger partial charge in [0, 0.05) is 0 Å². The molecule has 0 aromatic heterocycles. The molecule has 1 fully saturated rings. The van der Waals surface area contributed by atoms with Crippen molar-refractivity contribution in [2.24, 2.45) is 11.8 Å². The molecule has 0 radical (unpaired) electrons. The van der Waals surface area contributed by atoms with Gasteiger partial charge in [0.2, 0.25) is 0 Å². The summed E-state index contributed by atoms with van der Waals surface area (Å²) < 4.78 is 33.3. The number of rotatable bonds is 8. The van der Waals surface area contributed by atoms with Gasteiger partial charge in [-0.05, 0) is 24.0 Å². The maximum atomic E-state index is 13.9. The van der Waals surface area contributed by atoms with Gasteiger partial charge in [-0.1, -0.05) is 60.7 Å². The average molecular weight is 332 g/mol. The monoisotopic (exact) mass is 332 g/mol. The first kappa shape index (κ1) is 17.1. The van der Waals surface area contributed by atoms with Crippen molar-refractivity contribution in [1.82, 2.24) is 0 Å². The van der Waals surface area contributed by atoms with E-state index in [0.29, 0.717) is 19.4 Å². The summed E-state index contributed by atoms with van der Waals surface area (Å²) in [5, 5.41) is 10.1. The molecule has 1 aliphatic rings. The van der Waals surface area contributed by atoms with Gasteiger partial charge in [0.05, 0.1) is 31.2 Å². The minimum atomic E-state index is -2.83. The molecular weight excluding hydrogens is 310 g/mol. The molecule has 3 rings (SSSR count). The minimum absolute atomic E-state index is 0.0189. The van der Waals surface area contributed by atoms with Gasteiger partial charge >= 0.3 is 0 Å². The van der Waals surface area contributed by atoms with E-state index in [9.17, 15) is 13.9 Å². The van der Waals surface area contributed by atoms with Crippen molar-refractivity contribution in [2.75, 3.05) is 6.61 Å². The molecule has 4 heteroatoms. The molecule has 128 valence electrons. The summed E-state index contributed by atoms with van der Waals surface area (Å²) in [5.74, 6) is -4.70. The molecule has 1 aliphatic carbocycles. The Hall–Kier alpha value is -1.78. The lowest BCUT2D eigenvalue weighted by Crippen LogP contribution is -2.15. The summed E-state index contributed by atoms with van der Waals surface area (Å²) in [6.45, 7) is 0.301. The summed E-state index contributed by atoms with van der Waals surface area (Å²) in [7, 11) is 0. The molecule has 0 saturated heterocycles. The predicted molar refractivity (Wildman–Crippen MR) is 88.8 cm³/mol. The number of hydrogen-bond acceptors (Lipinski definition) is 2. The van der Waals surface area contributed by atoms with Crippen molar-refractivity contribution in [2.45, 2.75) is 31.5 Å². The number of halogens is 2. The van der Waals surface area contributed by atoms with Crippen LogP contribution in [-0.2, 0) is 17.8 Å². The van der Waals surface area contributed by atoms with Gasteiger partial charge in [0.25, 0.3) is 5.92 Å². The molecule has 2 aromatic rings. The van der Waals surface area contributed by atoms with Gasteiger partial charge < -0.3 is 9.84 Å². The van der Waals surface area contributed by atoms with E-state index < -0.39 is 23.9 Å². The molecule has 0 aliphatic heterocycles. The van der Waals surface area contributed by atoms with Crippen molar-refractivity contribution in [3.8, 4) is 0 Å². The van der Waals surface area contributed by atoms with Crippen molar-refractivity contribution >= 4 is 0 Å². The van der Waals surface area contributed by atoms with Crippen molar-refractivity contribution in [3.05, 3.63) is 71.8 Å². The van der Waals surface area contributed by atoms with E-state index in [1.54, 1.807) is 0 Å². The molecule has 0 amide bonds. The number of hydrogen-bond donors (Lipinski definition) is 1. The topological polar surface area (TPSA) is 29.5 Å². The first-order valence-corrected chi connectivity index (χ1v) is 8.30. The van der Waals surface area contributed by atoms with Crippen LogP contribution in [0.5, 0.6) is 0 Å². The molecule has 3 atom stereocenters. The molecule has 1 unspecified atom stereocenters. The Labute approximate surface area is 141 Å². The van der Waals surface area contributed by atoms with Crippen LogP contribution in [0.1, 0.15) is 17.5 Å². The fraction of sp³-hybridized carbons (Fsp3) is 0.400.